The molecule has 2 aromatic rings. The quantitative estimate of drug-likeness (QED) is 0.464. The van der Waals surface area contributed by atoms with Crippen LogP contribution in [0.2, 0.25) is 0 Å². The molecule has 30 heavy (non-hydrogen) atoms. The molecule has 2 aliphatic rings. The zero-order chi connectivity index (χ0) is 21.1. The Hall–Kier alpha value is -3.61. The van der Waals surface area contributed by atoms with Crippen LogP contribution in [0.5, 0.6) is 11.5 Å². The molecule has 1 N–H and O–H groups in total. The normalized spacial score (nSPS) is 17.2. The van der Waals surface area contributed by atoms with Gasteiger partial charge >= 0.3 is 5.97 Å². The first kappa shape index (κ1) is 19.7. The third-order valence-corrected chi connectivity index (χ3v) is 5.02. The average Bonchev–Trinajstić information content (AvgIpc) is 2.91. The number of hydrogen-bond donors (Lipinski definition) is 1. The van der Waals surface area contributed by atoms with Crippen molar-refractivity contribution in [3.63, 3.8) is 0 Å². The van der Waals surface area contributed by atoms with E-state index in [9.17, 15) is 14.4 Å². The second-order valence-electron chi connectivity index (χ2n) is 7.13. The van der Waals surface area contributed by atoms with Gasteiger partial charge < -0.3 is 19.5 Å². The van der Waals surface area contributed by atoms with E-state index in [0.29, 0.717) is 36.0 Å². The van der Waals surface area contributed by atoms with Gasteiger partial charge in [-0.05, 0) is 54.5 Å². The van der Waals surface area contributed by atoms with Crippen molar-refractivity contribution in [2.45, 2.75) is 19.3 Å². The van der Waals surface area contributed by atoms with Crippen LogP contribution >= 0.6 is 0 Å². The number of nitrogens with one attached hydrogen (secondary N) is 1. The highest BCUT2D eigenvalue weighted by molar-refractivity contribution is 6.05. The maximum atomic E-state index is 12.4. The molecule has 1 amide bonds. The Morgan fingerprint density at radius 2 is 1.93 bits per heavy atom. The molecule has 0 radical (unpaired) electrons. The number of carbonyl (C=O) groups is 3. The highest BCUT2D eigenvalue weighted by Crippen LogP contribution is 2.33. The highest BCUT2D eigenvalue weighted by atomic mass is 16.5. The number of hydrogen-bond acceptors (Lipinski definition) is 6. The summed E-state index contributed by atoms with van der Waals surface area (Å²) < 4.78 is 16.3. The third-order valence-electron chi connectivity index (χ3n) is 5.02. The Kier molecular flexibility index (Phi) is 5.52. The number of ketones is 1. The number of benzene rings is 2. The number of carbonyl (C=O) groups excluding carboxylic acids is 3. The fourth-order valence-electron chi connectivity index (χ4n) is 3.31. The third kappa shape index (κ3) is 4.20. The predicted octanol–water partition coefficient (Wildman–Crippen LogP) is 3.34. The molecule has 2 aromatic carbocycles. The van der Waals surface area contributed by atoms with Crippen molar-refractivity contribution in [1.82, 2.24) is 0 Å². The minimum Gasteiger partial charge on any atom is -0.490 e. The first-order valence-corrected chi connectivity index (χ1v) is 9.74. The summed E-state index contributed by atoms with van der Waals surface area (Å²) >= 11 is 0. The van der Waals surface area contributed by atoms with Crippen molar-refractivity contribution in [3.8, 4) is 11.5 Å². The maximum Gasteiger partial charge on any atom is 0.331 e. The standard InChI is InChI=1S/C23H21NO6/c1-14-17-12-16(5-6-18(17)24-23(14)27)19(25)13-30-22(26)8-4-15-3-7-20-21(11-15)29-10-2-9-28-20/h3-8,11-12,14H,2,9-10,13H2,1H3,(H,24,27)/b8-4+/t14-/m0/s1. The molecule has 0 fully saturated rings. The van der Waals surface area contributed by atoms with Gasteiger partial charge in [-0.15, -0.1) is 0 Å². The lowest BCUT2D eigenvalue weighted by Gasteiger charge is -2.07. The lowest BCUT2D eigenvalue weighted by molar-refractivity contribution is -0.136. The first-order chi connectivity index (χ1) is 14.5. The average molecular weight is 407 g/mol. The summed E-state index contributed by atoms with van der Waals surface area (Å²) in [5.74, 6) is -0.0478. The lowest BCUT2D eigenvalue weighted by atomic mass is 9.99. The van der Waals surface area contributed by atoms with Crippen LogP contribution in [0.15, 0.2) is 42.5 Å². The summed E-state index contributed by atoms with van der Waals surface area (Å²) in [6, 6.07) is 10.4. The molecule has 0 saturated carbocycles. The Balaban J connectivity index is 1.34. The van der Waals surface area contributed by atoms with E-state index < -0.39 is 5.97 Å². The Labute approximate surface area is 173 Å². The smallest absolute Gasteiger partial charge is 0.331 e. The van der Waals surface area contributed by atoms with Gasteiger partial charge in [-0.3, -0.25) is 9.59 Å². The van der Waals surface area contributed by atoms with Gasteiger partial charge in [0.15, 0.2) is 23.9 Å². The van der Waals surface area contributed by atoms with Gasteiger partial charge in [0.25, 0.3) is 0 Å². The molecule has 0 spiro atoms. The van der Waals surface area contributed by atoms with Crippen LogP contribution in [0.1, 0.15) is 40.7 Å². The molecule has 0 saturated heterocycles. The summed E-state index contributed by atoms with van der Waals surface area (Å²) in [5, 5.41) is 2.76. The van der Waals surface area contributed by atoms with Crippen LogP contribution < -0.4 is 14.8 Å². The van der Waals surface area contributed by atoms with Gasteiger partial charge in [-0.1, -0.05) is 6.07 Å². The Bertz CT molecular complexity index is 1040. The largest absolute Gasteiger partial charge is 0.490 e. The zero-order valence-corrected chi connectivity index (χ0v) is 16.5. The molecular weight excluding hydrogens is 386 g/mol. The number of ether oxygens (including phenoxy) is 3. The second kappa shape index (κ2) is 8.41. The fraction of sp³-hybridized carbons (Fsp3) is 0.261. The van der Waals surface area contributed by atoms with Crippen molar-refractivity contribution in [3.05, 3.63) is 59.2 Å². The Morgan fingerprint density at radius 3 is 2.77 bits per heavy atom. The number of anilines is 1. The molecule has 7 heteroatoms. The molecule has 154 valence electrons. The maximum absolute atomic E-state index is 12.4. The molecule has 0 aromatic heterocycles. The summed E-state index contributed by atoms with van der Waals surface area (Å²) in [6.45, 7) is 2.59. The molecule has 4 rings (SSSR count). The lowest BCUT2D eigenvalue weighted by Crippen LogP contribution is -2.13. The van der Waals surface area contributed by atoms with Gasteiger partial charge in [0.05, 0.1) is 19.1 Å². The number of fused-ring (bicyclic) bond motifs is 2. The molecule has 0 unspecified atom stereocenters. The van der Waals surface area contributed by atoms with E-state index in [1.54, 1.807) is 43.3 Å². The van der Waals surface area contributed by atoms with Gasteiger partial charge in [0.1, 0.15) is 0 Å². The SMILES string of the molecule is C[C@@H]1C(=O)Nc2ccc(C(=O)COC(=O)/C=C/c3ccc4c(c3)OCCCO4)cc21. The highest BCUT2D eigenvalue weighted by Gasteiger charge is 2.27. The van der Waals surface area contributed by atoms with Crippen molar-refractivity contribution in [2.75, 3.05) is 25.1 Å². The monoisotopic (exact) mass is 407 g/mol. The molecule has 2 heterocycles. The Morgan fingerprint density at radius 1 is 1.13 bits per heavy atom. The fourth-order valence-corrected chi connectivity index (χ4v) is 3.31. The summed E-state index contributed by atoms with van der Waals surface area (Å²) in [6.07, 6.45) is 3.67. The van der Waals surface area contributed by atoms with Crippen molar-refractivity contribution < 1.29 is 28.6 Å². The zero-order valence-electron chi connectivity index (χ0n) is 16.5. The minimum absolute atomic E-state index is 0.0964. The van der Waals surface area contributed by atoms with E-state index in [0.717, 1.165) is 17.5 Å². The molecule has 0 bridgehead atoms. The van der Waals surface area contributed by atoms with Gasteiger partial charge in [0, 0.05) is 23.7 Å². The van der Waals surface area contributed by atoms with Gasteiger partial charge in [0.2, 0.25) is 5.91 Å². The van der Waals surface area contributed by atoms with Crippen molar-refractivity contribution in [1.29, 1.82) is 0 Å². The molecule has 0 aliphatic carbocycles. The van der Waals surface area contributed by atoms with Crippen LogP contribution in [-0.4, -0.2) is 37.5 Å². The number of Topliss-reactive ketones (excluding diaryl/α,β-unsaturated/α-hetero) is 1. The first-order valence-electron chi connectivity index (χ1n) is 9.74. The van der Waals surface area contributed by atoms with Crippen molar-refractivity contribution >= 4 is 29.4 Å². The molecule has 2 aliphatic heterocycles. The van der Waals surface area contributed by atoms with Crippen LogP contribution in [0.3, 0.4) is 0 Å². The second-order valence-corrected chi connectivity index (χ2v) is 7.13. The van der Waals surface area contributed by atoms with Crippen LogP contribution in [0.25, 0.3) is 6.08 Å². The summed E-state index contributed by atoms with van der Waals surface area (Å²) in [4.78, 5) is 36.1. The van der Waals surface area contributed by atoms with Gasteiger partial charge in [-0.25, -0.2) is 4.79 Å². The van der Waals surface area contributed by atoms with Gasteiger partial charge in [-0.2, -0.15) is 0 Å². The van der Waals surface area contributed by atoms with E-state index in [-0.39, 0.29) is 24.2 Å². The number of amides is 1. The summed E-state index contributed by atoms with van der Waals surface area (Å²) in [5.41, 5.74) is 2.63. The molecular formula is C23H21NO6. The van der Waals surface area contributed by atoms with Crippen LogP contribution in [0.4, 0.5) is 5.69 Å². The number of rotatable bonds is 5. The van der Waals surface area contributed by atoms with E-state index in [2.05, 4.69) is 5.32 Å². The molecule has 7 nitrogen and oxygen atoms in total. The van der Waals surface area contributed by atoms with Crippen LogP contribution in [-0.2, 0) is 14.3 Å². The predicted molar refractivity (Wildman–Crippen MR) is 110 cm³/mol. The van der Waals surface area contributed by atoms with Crippen molar-refractivity contribution in [2.24, 2.45) is 0 Å². The summed E-state index contributed by atoms with van der Waals surface area (Å²) in [7, 11) is 0. The molecule has 1 atom stereocenters. The van der Waals surface area contributed by atoms with E-state index >= 15 is 0 Å². The number of esters is 1. The van der Waals surface area contributed by atoms with E-state index in [1.165, 1.54) is 6.08 Å². The van der Waals surface area contributed by atoms with E-state index in [1.807, 2.05) is 6.07 Å². The van der Waals surface area contributed by atoms with E-state index in [4.69, 9.17) is 14.2 Å². The van der Waals surface area contributed by atoms with Crippen LogP contribution in [0, 0.1) is 0 Å². The minimum atomic E-state index is -0.623. The topological polar surface area (TPSA) is 90.9 Å².